The van der Waals surface area contributed by atoms with Crippen LogP contribution in [-0.2, 0) is 4.74 Å². The van der Waals surface area contributed by atoms with Gasteiger partial charge in [-0.05, 0) is 28.1 Å². The van der Waals surface area contributed by atoms with Gasteiger partial charge in [-0.1, -0.05) is 0 Å². The van der Waals surface area contributed by atoms with Gasteiger partial charge in [-0.2, -0.15) is 4.39 Å². The number of halogens is 2. The SMILES string of the molecule is COC(=O)c1ccc(F)nc1Br. The van der Waals surface area contributed by atoms with Crippen molar-refractivity contribution in [2.24, 2.45) is 0 Å². The molecule has 0 unspecified atom stereocenters. The second kappa shape index (κ2) is 3.62. The minimum atomic E-state index is -0.644. The molecule has 1 aromatic rings. The van der Waals surface area contributed by atoms with Crippen LogP contribution in [0.1, 0.15) is 10.4 Å². The highest BCUT2D eigenvalue weighted by molar-refractivity contribution is 9.10. The molecule has 0 aliphatic rings. The molecule has 1 heterocycles. The fourth-order valence-electron chi connectivity index (χ4n) is 0.674. The lowest BCUT2D eigenvalue weighted by atomic mass is 10.3. The van der Waals surface area contributed by atoms with Gasteiger partial charge in [-0.15, -0.1) is 0 Å². The zero-order chi connectivity index (χ0) is 9.14. The second-order valence-corrected chi connectivity index (χ2v) is 2.72. The van der Waals surface area contributed by atoms with Crippen molar-refractivity contribution in [1.29, 1.82) is 0 Å². The maximum atomic E-state index is 12.4. The molecule has 0 spiro atoms. The molecule has 0 aliphatic heterocycles. The number of rotatable bonds is 1. The smallest absolute Gasteiger partial charge is 0.340 e. The summed E-state index contributed by atoms with van der Waals surface area (Å²) < 4.78 is 17.0. The zero-order valence-corrected chi connectivity index (χ0v) is 7.76. The molecule has 0 saturated carbocycles. The number of esters is 1. The summed E-state index contributed by atoms with van der Waals surface area (Å²) in [4.78, 5) is 14.3. The third-order valence-electron chi connectivity index (χ3n) is 1.22. The van der Waals surface area contributed by atoms with E-state index in [9.17, 15) is 9.18 Å². The topological polar surface area (TPSA) is 39.2 Å². The summed E-state index contributed by atoms with van der Waals surface area (Å²) in [5.74, 6) is -1.19. The van der Waals surface area contributed by atoms with E-state index in [2.05, 4.69) is 25.7 Å². The van der Waals surface area contributed by atoms with Crippen LogP contribution in [0.2, 0.25) is 0 Å². The van der Waals surface area contributed by atoms with Crippen molar-refractivity contribution in [1.82, 2.24) is 4.98 Å². The normalized spacial score (nSPS) is 9.58. The van der Waals surface area contributed by atoms with Gasteiger partial charge in [0.15, 0.2) is 0 Å². The maximum absolute atomic E-state index is 12.4. The molecular formula is C7H5BrFNO2. The molecule has 64 valence electrons. The lowest BCUT2D eigenvalue weighted by Crippen LogP contribution is -2.03. The molecule has 0 bridgehead atoms. The molecule has 0 N–H and O–H groups in total. The summed E-state index contributed by atoms with van der Waals surface area (Å²) in [6, 6.07) is 2.40. The highest BCUT2D eigenvalue weighted by Gasteiger charge is 2.11. The molecule has 12 heavy (non-hydrogen) atoms. The van der Waals surface area contributed by atoms with Gasteiger partial charge in [0.1, 0.15) is 4.60 Å². The standard InChI is InChI=1S/C7H5BrFNO2/c1-12-7(11)4-2-3-5(9)10-6(4)8/h2-3H,1H3. The van der Waals surface area contributed by atoms with E-state index in [0.717, 1.165) is 6.07 Å². The van der Waals surface area contributed by atoms with Crippen LogP contribution < -0.4 is 0 Å². The summed E-state index contributed by atoms with van der Waals surface area (Å²) >= 11 is 2.94. The molecular weight excluding hydrogens is 229 g/mol. The highest BCUT2D eigenvalue weighted by atomic mass is 79.9. The van der Waals surface area contributed by atoms with Gasteiger partial charge in [-0.3, -0.25) is 0 Å². The summed E-state index contributed by atoms with van der Waals surface area (Å²) in [5.41, 5.74) is 0.207. The monoisotopic (exact) mass is 233 g/mol. The Labute approximate surface area is 76.7 Å². The number of carbonyl (C=O) groups is 1. The van der Waals surface area contributed by atoms with Crippen LogP contribution in [-0.4, -0.2) is 18.1 Å². The van der Waals surface area contributed by atoms with E-state index in [-0.39, 0.29) is 10.2 Å². The van der Waals surface area contributed by atoms with E-state index in [1.165, 1.54) is 13.2 Å². The predicted molar refractivity (Wildman–Crippen MR) is 43.2 cm³/mol. The van der Waals surface area contributed by atoms with E-state index < -0.39 is 11.9 Å². The summed E-state index contributed by atoms with van der Waals surface area (Å²) in [6.45, 7) is 0. The number of ether oxygens (including phenoxy) is 1. The van der Waals surface area contributed by atoms with Crippen molar-refractivity contribution >= 4 is 21.9 Å². The summed E-state index contributed by atoms with van der Waals surface area (Å²) in [5, 5.41) is 0. The maximum Gasteiger partial charge on any atom is 0.340 e. The van der Waals surface area contributed by atoms with E-state index in [1.54, 1.807) is 0 Å². The third-order valence-corrected chi connectivity index (χ3v) is 1.82. The van der Waals surface area contributed by atoms with Gasteiger partial charge >= 0.3 is 5.97 Å². The number of hydrogen-bond donors (Lipinski definition) is 0. The van der Waals surface area contributed by atoms with E-state index >= 15 is 0 Å². The molecule has 0 aliphatic carbocycles. The van der Waals surface area contributed by atoms with Crippen LogP contribution >= 0.6 is 15.9 Å². The van der Waals surface area contributed by atoms with Crippen molar-refractivity contribution in [3.05, 3.63) is 28.2 Å². The predicted octanol–water partition coefficient (Wildman–Crippen LogP) is 1.77. The first-order valence-electron chi connectivity index (χ1n) is 3.05. The van der Waals surface area contributed by atoms with Crippen molar-refractivity contribution in [2.45, 2.75) is 0 Å². The highest BCUT2D eigenvalue weighted by Crippen LogP contribution is 2.14. The summed E-state index contributed by atoms with van der Waals surface area (Å²) in [7, 11) is 1.25. The fraction of sp³-hybridized carbons (Fsp3) is 0.143. The van der Waals surface area contributed by atoms with Gasteiger partial charge in [0.25, 0.3) is 0 Å². The first kappa shape index (κ1) is 9.12. The second-order valence-electron chi connectivity index (χ2n) is 1.96. The molecule has 1 rings (SSSR count). The van der Waals surface area contributed by atoms with Crippen LogP contribution in [0.3, 0.4) is 0 Å². The Morgan fingerprint density at radius 1 is 1.67 bits per heavy atom. The molecule has 0 fully saturated rings. The Balaban J connectivity index is 3.09. The lowest BCUT2D eigenvalue weighted by Gasteiger charge is -1.99. The van der Waals surface area contributed by atoms with Crippen LogP contribution in [0.15, 0.2) is 16.7 Å². The molecule has 5 heteroatoms. The number of aromatic nitrogens is 1. The quantitative estimate of drug-likeness (QED) is 0.549. The van der Waals surface area contributed by atoms with E-state index in [1.807, 2.05) is 0 Å². The van der Waals surface area contributed by atoms with Gasteiger partial charge in [0.2, 0.25) is 5.95 Å². The average Bonchev–Trinajstić information content (AvgIpc) is 2.03. The third kappa shape index (κ3) is 1.79. The Morgan fingerprint density at radius 2 is 2.33 bits per heavy atom. The van der Waals surface area contributed by atoms with E-state index in [4.69, 9.17) is 0 Å². The van der Waals surface area contributed by atoms with Crippen molar-refractivity contribution in [3.63, 3.8) is 0 Å². The van der Waals surface area contributed by atoms with Crippen LogP contribution in [0.4, 0.5) is 4.39 Å². The molecule has 0 atom stereocenters. The van der Waals surface area contributed by atoms with Crippen LogP contribution in [0.25, 0.3) is 0 Å². The minimum absolute atomic E-state index is 0.148. The number of carbonyl (C=O) groups excluding carboxylic acids is 1. The Kier molecular flexibility index (Phi) is 2.75. The first-order chi connectivity index (χ1) is 5.65. The van der Waals surface area contributed by atoms with Gasteiger partial charge in [-0.25, -0.2) is 9.78 Å². The van der Waals surface area contributed by atoms with Crippen molar-refractivity contribution in [2.75, 3.05) is 7.11 Å². The molecule has 0 saturated heterocycles. The number of methoxy groups -OCH3 is 1. The van der Waals surface area contributed by atoms with Crippen LogP contribution in [0.5, 0.6) is 0 Å². The number of nitrogens with zero attached hydrogens (tertiary/aromatic N) is 1. The van der Waals surface area contributed by atoms with E-state index in [0.29, 0.717) is 0 Å². The molecule has 0 aromatic carbocycles. The van der Waals surface area contributed by atoms with Crippen molar-refractivity contribution < 1.29 is 13.9 Å². The summed E-state index contributed by atoms with van der Waals surface area (Å²) in [6.07, 6.45) is 0. The molecule has 0 amide bonds. The first-order valence-corrected chi connectivity index (χ1v) is 3.85. The number of hydrogen-bond acceptors (Lipinski definition) is 3. The largest absolute Gasteiger partial charge is 0.465 e. The molecule has 3 nitrogen and oxygen atoms in total. The van der Waals surface area contributed by atoms with Gasteiger partial charge in [0.05, 0.1) is 12.7 Å². The average molecular weight is 234 g/mol. The van der Waals surface area contributed by atoms with Crippen LogP contribution in [0, 0.1) is 5.95 Å². The Hall–Kier alpha value is -0.970. The zero-order valence-electron chi connectivity index (χ0n) is 6.17. The molecule has 0 radical (unpaired) electrons. The van der Waals surface area contributed by atoms with Gasteiger partial charge in [0, 0.05) is 0 Å². The lowest BCUT2D eigenvalue weighted by molar-refractivity contribution is 0.0599. The minimum Gasteiger partial charge on any atom is -0.465 e. The number of pyridine rings is 1. The van der Waals surface area contributed by atoms with Gasteiger partial charge < -0.3 is 4.74 Å². The molecule has 1 aromatic heterocycles. The Morgan fingerprint density at radius 3 is 2.83 bits per heavy atom. The van der Waals surface area contributed by atoms with Crippen molar-refractivity contribution in [3.8, 4) is 0 Å². The fourth-order valence-corrected chi connectivity index (χ4v) is 1.14. The Bertz CT molecular complexity index is 316.